The number of nitrogens with one attached hydrogen (secondary N) is 2. The Morgan fingerprint density at radius 2 is 1.91 bits per heavy atom. The van der Waals surface area contributed by atoms with Crippen molar-refractivity contribution in [3.05, 3.63) is 60.2 Å². The van der Waals surface area contributed by atoms with Gasteiger partial charge in [-0.15, -0.1) is 0 Å². The molecule has 0 aliphatic carbocycles. The summed E-state index contributed by atoms with van der Waals surface area (Å²) in [5, 5.41) is 15.5. The van der Waals surface area contributed by atoms with Crippen LogP contribution in [0.3, 0.4) is 0 Å². The van der Waals surface area contributed by atoms with Gasteiger partial charge in [0.2, 0.25) is 0 Å². The van der Waals surface area contributed by atoms with E-state index in [0.717, 1.165) is 38.9 Å². The topological polar surface area (TPSA) is 94.0 Å². The van der Waals surface area contributed by atoms with Crippen LogP contribution in [0.25, 0.3) is 0 Å². The first-order valence-electron chi connectivity index (χ1n) is 11.7. The van der Waals surface area contributed by atoms with E-state index in [9.17, 15) is 9.59 Å². The fourth-order valence-electron chi connectivity index (χ4n) is 3.88. The summed E-state index contributed by atoms with van der Waals surface area (Å²) in [6.07, 6.45) is 7.39. The summed E-state index contributed by atoms with van der Waals surface area (Å²) in [6, 6.07) is 11.0. The van der Waals surface area contributed by atoms with Gasteiger partial charge in [-0.05, 0) is 57.0 Å². The molecule has 7 heteroatoms. The predicted octanol–water partition coefficient (Wildman–Crippen LogP) is 1.58. The fourth-order valence-corrected chi connectivity index (χ4v) is 3.88. The van der Waals surface area contributed by atoms with Gasteiger partial charge in [0.05, 0.1) is 13.1 Å². The zero-order valence-electron chi connectivity index (χ0n) is 19.8. The standard InChI is InChI=1S/C26H38N4O3/c1-3-22(26(33)20-31)16-24(27-2)17-28-18-25(32)19-29-23-11-14-30(15-12-23)13-7-10-21-8-5-4-6-9-21/h3-6,8-9,16,23,28-29,31H,1,7,10-15,17-20H2,2H3/b22-16+,27-24?. The maximum atomic E-state index is 12.2. The molecule has 1 aromatic carbocycles. The molecular formula is C26H38N4O3. The van der Waals surface area contributed by atoms with Gasteiger partial charge in [-0.2, -0.15) is 0 Å². The fraction of sp³-hybridized carbons (Fsp3) is 0.500. The number of Topliss-reactive ketones (excluding diaryl/α,β-unsaturated/α-hetero) is 2. The number of carbonyl (C=O) groups excluding carboxylic acids is 2. The van der Waals surface area contributed by atoms with Crippen LogP contribution in [0.5, 0.6) is 0 Å². The number of benzene rings is 1. The van der Waals surface area contributed by atoms with E-state index in [2.05, 4.69) is 57.4 Å². The molecule has 1 fully saturated rings. The molecule has 2 rings (SSSR count). The number of hydrogen-bond acceptors (Lipinski definition) is 7. The van der Waals surface area contributed by atoms with Crippen LogP contribution < -0.4 is 10.6 Å². The van der Waals surface area contributed by atoms with Crippen LogP contribution in [-0.2, 0) is 16.0 Å². The maximum absolute atomic E-state index is 12.2. The molecule has 1 heterocycles. The number of carbonyl (C=O) groups is 2. The van der Waals surface area contributed by atoms with Crippen LogP contribution in [0.4, 0.5) is 0 Å². The Hall–Kier alpha value is -2.45. The second-order valence-corrected chi connectivity index (χ2v) is 8.33. The molecule has 3 N–H and O–H groups in total. The number of nitrogens with zero attached hydrogens (tertiary/aromatic N) is 2. The highest BCUT2D eigenvalue weighted by Gasteiger charge is 2.19. The monoisotopic (exact) mass is 454 g/mol. The molecule has 0 saturated carbocycles. The lowest BCUT2D eigenvalue weighted by Gasteiger charge is -2.32. The van der Waals surface area contributed by atoms with Crippen molar-refractivity contribution >= 4 is 17.3 Å². The van der Waals surface area contributed by atoms with Gasteiger partial charge in [0.15, 0.2) is 11.6 Å². The molecule has 0 bridgehead atoms. The lowest BCUT2D eigenvalue weighted by molar-refractivity contribution is -0.118. The number of likely N-dealkylation sites (tertiary alicyclic amines) is 1. The Labute approximate surface area is 197 Å². The summed E-state index contributed by atoms with van der Waals surface area (Å²) in [6.45, 7) is 7.22. The second kappa shape index (κ2) is 15.4. The lowest BCUT2D eigenvalue weighted by atomic mass is 10.0. The highest BCUT2D eigenvalue weighted by molar-refractivity contribution is 6.07. The zero-order chi connectivity index (χ0) is 23.9. The number of piperidine rings is 1. The van der Waals surface area contributed by atoms with Gasteiger partial charge < -0.3 is 20.6 Å². The first-order chi connectivity index (χ1) is 16.0. The number of aryl methyl sites for hydroxylation is 1. The van der Waals surface area contributed by atoms with E-state index in [1.807, 2.05) is 0 Å². The van der Waals surface area contributed by atoms with Crippen molar-refractivity contribution in [2.75, 3.05) is 52.9 Å². The number of aliphatic hydroxyl groups excluding tert-OH is 1. The van der Waals surface area contributed by atoms with Crippen molar-refractivity contribution in [3.63, 3.8) is 0 Å². The highest BCUT2D eigenvalue weighted by Crippen LogP contribution is 2.12. The van der Waals surface area contributed by atoms with Gasteiger partial charge >= 0.3 is 0 Å². The predicted molar refractivity (Wildman–Crippen MR) is 134 cm³/mol. The molecule has 1 saturated heterocycles. The Kier molecular flexibility index (Phi) is 12.5. The number of allylic oxidation sites excluding steroid dienone is 1. The number of aliphatic imine (C=N–C) groups is 1. The highest BCUT2D eigenvalue weighted by atomic mass is 16.3. The molecule has 0 unspecified atom stereocenters. The van der Waals surface area contributed by atoms with Crippen LogP contribution in [0, 0.1) is 0 Å². The minimum Gasteiger partial charge on any atom is -0.388 e. The second-order valence-electron chi connectivity index (χ2n) is 8.33. The molecule has 0 atom stereocenters. The minimum absolute atomic E-state index is 0.0927. The SMILES string of the molecule is C=C/C(=C\C(CNCC(=O)CNC1CCN(CCCc2ccccc2)CC1)=NC)C(=O)CO. The number of ketones is 2. The van der Waals surface area contributed by atoms with E-state index in [1.54, 1.807) is 13.1 Å². The smallest absolute Gasteiger partial charge is 0.188 e. The van der Waals surface area contributed by atoms with Gasteiger partial charge in [0.25, 0.3) is 0 Å². The molecule has 180 valence electrons. The first kappa shape index (κ1) is 26.8. The first-order valence-corrected chi connectivity index (χ1v) is 11.7. The Bertz CT molecular complexity index is 812. The van der Waals surface area contributed by atoms with Gasteiger partial charge in [0, 0.05) is 30.9 Å². The normalized spacial score (nSPS) is 16.1. The summed E-state index contributed by atoms with van der Waals surface area (Å²) in [5.41, 5.74) is 2.32. The van der Waals surface area contributed by atoms with Crippen LogP contribution in [-0.4, -0.2) is 86.2 Å². The van der Waals surface area contributed by atoms with E-state index in [1.165, 1.54) is 18.1 Å². The third-order valence-corrected chi connectivity index (χ3v) is 5.88. The Morgan fingerprint density at radius 3 is 2.55 bits per heavy atom. The van der Waals surface area contributed by atoms with Crippen LogP contribution in [0.15, 0.2) is 59.6 Å². The minimum atomic E-state index is -0.570. The zero-order valence-corrected chi connectivity index (χ0v) is 19.8. The summed E-state index contributed by atoms with van der Waals surface area (Å²) < 4.78 is 0. The number of rotatable bonds is 15. The van der Waals surface area contributed by atoms with Crippen molar-refractivity contribution in [1.29, 1.82) is 0 Å². The summed E-state index contributed by atoms with van der Waals surface area (Å²) in [4.78, 5) is 30.5. The van der Waals surface area contributed by atoms with E-state index in [-0.39, 0.29) is 12.3 Å². The molecule has 1 aromatic rings. The van der Waals surface area contributed by atoms with Crippen LogP contribution in [0.1, 0.15) is 24.8 Å². The van der Waals surface area contributed by atoms with Crippen molar-refractivity contribution in [2.45, 2.75) is 31.7 Å². The van der Waals surface area contributed by atoms with Crippen molar-refractivity contribution in [3.8, 4) is 0 Å². The van der Waals surface area contributed by atoms with Gasteiger partial charge in [-0.1, -0.05) is 43.0 Å². The molecular weight excluding hydrogens is 416 g/mol. The average molecular weight is 455 g/mol. The van der Waals surface area contributed by atoms with Gasteiger partial charge in [-0.3, -0.25) is 14.6 Å². The van der Waals surface area contributed by atoms with Crippen molar-refractivity contribution in [2.24, 2.45) is 4.99 Å². The van der Waals surface area contributed by atoms with Gasteiger partial charge in [-0.25, -0.2) is 0 Å². The lowest BCUT2D eigenvalue weighted by Crippen LogP contribution is -2.45. The van der Waals surface area contributed by atoms with E-state index >= 15 is 0 Å². The Morgan fingerprint density at radius 1 is 1.18 bits per heavy atom. The van der Waals surface area contributed by atoms with E-state index in [4.69, 9.17) is 5.11 Å². The molecule has 0 radical (unpaired) electrons. The van der Waals surface area contributed by atoms with Gasteiger partial charge in [0.1, 0.15) is 6.61 Å². The molecule has 1 aliphatic heterocycles. The molecule has 7 nitrogen and oxygen atoms in total. The maximum Gasteiger partial charge on any atom is 0.188 e. The van der Waals surface area contributed by atoms with E-state index in [0.29, 0.717) is 30.4 Å². The van der Waals surface area contributed by atoms with E-state index < -0.39 is 12.4 Å². The summed E-state index contributed by atoms with van der Waals surface area (Å²) in [7, 11) is 1.62. The third-order valence-electron chi connectivity index (χ3n) is 5.88. The van der Waals surface area contributed by atoms with Crippen LogP contribution >= 0.6 is 0 Å². The van der Waals surface area contributed by atoms with Crippen molar-refractivity contribution < 1.29 is 14.7 Å². The number of hydrogen-bond donors (Lipinski definition) is 3. The molecule has 0 amide bonds. The summed E-state index contributed by atoms with van der Waals surface area (Å²) >= 11 is 0. The quantitative estimate of drug-likeness (QED) is 0.212. The third kappa shape index (κ3) is 10.4. The molecule has 1 aliphatic rings. The molecule has 33 heavy (non-hydrogen) atoms. The summed E-state index contributed by atoms with van der Waals surface area (Å²) in [5.74, 6) is -0.316. The van der Waals surface area contributed by atoms with Crippen molar-refractivity contribution in [1.82, 2.24) is 15.5 Å². The Balaban J connectivity index is 1.59. The molecule has 0 aromatic heterocycles. The van der Waals surface area contributed by atoms with Crippen LogP contribution in [0.2, 0.25) is 0 Å². The largest absolute Gasteiger partial charge is 0.388 e. The average Bonchev–Trinajstić information content (AvgIpc) is 2.85. The number of aliphatic hydroxyl groups is 1. The molecule has 0 spiro atoms.